The van der Waals surface area contributed by atoms with Gasteiger partial charge in [0.15, 0.2) is 0 Å². The van der Waals surface area contributed by atoms with Crippen molar-refractivity contribution in [3.63, 3.8) is 0 Å². The Hall–Kier alpha value is -1.79. The van der Waals surface area contributed by atoms with Crippen molar-refractivity contribution in [2.45, 2.75) is 32.7 Å². The Bertz CT molecular complexity index is 541. The lowest BCUT2D eigenvalue weighted by atomic mass is 10.1. The quantitative estimate of drug-likeness (QED) is 0.738. The maximum absolute atomic E-state index is 11.8. The van der Waals surface area contributed by atoms with Crippen LogP contribution in [0.4, 0.5) is 4.79 Å². The number of ether oxygens (including phenoxy) is 1. The average Bonchev–Trinajstić information content (AvgIpc) is 2.43. The minimum absolute atomic E-state index is 0.151. The van der Waals surface area contributed by atoms with Gasteiger partial charge in [-0.1, -0.05) is 11.6 Å². The molecule has 1 aromatic rings. The third-order valence-electron chi connectivity index (χ3n) is 2.92. The summed E-state index contributed by atoms with van der Waals surface area (Å²) in [5.74, 6) is 0.427. The molecule has 0 fully saturated rings. The molecule has 0 aromatic heterocycles. The van der Waals surface area contributed by atoms with Gasteiger partial charge in [-0.15, -0.1) is 0 Å². The van der Waals surface area contributed by atoms with Crippen molar-refractivity contribution >= 4 is 23.5 Å². The minimum Gasteiger partial charge on any atom is -0.494 e. The van der Waals surface area contributed by atoms with E-state index in [1.807, 2.05) is 44.9 Å². The molecule has 2 N–H and O–H groups in total. The summed E-state index contributed by atoms with van der Waals surface area (Å²) in [6.07, 6.45) is 0.764. The van der Waals surface area contributed by atoms with Crippen LogP contribution in [-0.4, -0.2) is 49.1 Å². The lowest BCUT2D eigenvalue weighted by Crippen LogP contribution is -2.50. The van der Waals surface area contributed by atoms with Crippen molar-refractivity contribution in [3.05, 3.63) is 29.3 Å². The fraction of sp³-hybridized carbons (Fsp3) is 0.529. The Balaban J connectivity index is 2.18. The Labute approximate surface area is 148 Å². The standard InChI is InChI=1S/C17H26ClN3O3/c1-17(2,3)20-16(23)19-15(22)12-21(4)10-5-11-24-14-8-6-13(18)7-9-14/h6-9H,5,10-12H2,1-4H3,(H2,19,20,22,23). The lowest BCUT2D eigenvalue weighted by Gasteiger charge is -2.21. The fourth-order valence-corrected chi connectivity index (χ4v) is 2.04. The van der Waals surface area contributed by atoms with Crippen LogP contribution in [0.5, 0.6) is 5.75 Å². The molecule has 1 rings (SSSR count). The van der Waals surface area contributed by atoms with Crippen LogP contribution in [0.1, 0.15) is 27.2 Å². The van der Waals surface area contributed by atoms with E-state index in [1.165, 1.54) is 0 Å². The third-order valence-corrected chi connectivity index (χ3v) is 3.17. The molecule has 0 aliphatic rings. The van der Waals surface area contributed by atoms with Crippen LogP contribution in [0.25, 0.3) is 0 Å². The summed E-state index contributed by atoms with van der Waals surface area (Å²) in [5.41, 5.74) is -0.380. The van der Waals surface area contributed by atoms with Crippen LogP contribution >= 0.6 is 11.6 Å². The van der Waals surface area contributed by atoms with Crippen molar-refractivity contribution in [2.75, 3.05) is 26.7 Å². The normalized spacial score (nSPS) is 11.2. The molecular weight excluding hydrogens is 330 g/mol. The number of carbonyl (C=O) groups excluding carboxylic acids is 2. The van der Waals surface area contributed by atoms with Gasteiger partial charge >= 0.3 is 6.03 Å². The topological polar surface area (TPSA) is 70.7 Å². The molecule has 0 unspecified atom stereocenters. The molecule has 7 heteroatoms. The number of carbonyl (C=O) groups is 2. The summed E-state index contributed by atoms with van der Waals surface area (Å²) < 4.78 is 5.59. The molecule has 0 saturated heterocycles. The van der Waals surface area contributed by atoms with E-state index in [-0.39, 0.29) is 18.0 Å². The van der Waals surface area contributed by atoms with E-state index in [9.17, 15) is 9.59 Å². The monoisotopic (exact) mass is 355 g/mol. The fourth-order valence-electron chi connectivity index (χ4n) is 1.92. The maximum Gasteiger partial charge on any atom is 0.321 e. The molecule has 134 valence electrons. The summed E-state index contributed by atoms with van der Waals surface area (Å²) in [6.45, 7) is 6.93. The Kier molecular flexibility index (Phi) is 8.01. The van der Waals surface area contributed by atoms with Crippen LogP contribution in [0, 0.1) is 0 Å². The van der Waals surface area contributed by atoms with Gasteiger partial charge in [-0.3, -0.25) is 15.0 Å². The third kappa shape index (κ3) is 9.37. The molecular formula is C17H26ClN3O3. The number of benzene rings is 1. The maximum atomic E-state index is 11.8. The van der Waals surface area contributed by atoms with Crippen LogP contribution in [0.2, 0.25) is 5.02 Å². The number of nitrogens with zero attached hydrogens (tertiary/aromatic N) is 1. The number of nitrogens with one attached hydrogen (secondary N) is 2. The van der Waals surface area contributed by atoms with Gasteiger partial charge in [-0.05, 0) is 58.5 Å². The van der Waals surface area contributed by atoms with E-state index in [4.69, 9.17) is 16.3 Å². The molecule has 3 amide bonds. The number of rotatable bonds is 7. The number of urea groups is 1. The van der Waals surface area contributed by atoms with Crippen LogP contribution in [0.3, 0.4) is 0 Å². The SMILES string of the molecule is CN(CCCOc1ccc(Cl)cc1)CC(=O)NC(=O)NC(C)(C)C. The first-order chi connectivity index (χ1) is 11.2. The Morgan fingerprint density at radius 1 is 1.21 bits per heavy atom. The van der Waals surface area contributed by atoms with Gasteiger partial charge in [-0.2, -0.15) is 0 Å². The molecule has 6 nitrogen and oxygen atoms in total. The van der Waals surface area contributed by atoms with E-state index in [0.29, 0.717) is 18.2 Å². The predicted octanol–water partition coefficient (Wildman–Crippen LogP) is 2.67. The van der Waals surface area contributed by atoms with Gasteiger partial charge in [0.05, 0.1) is 13.2 Å². The molecule has 0 atom stereocenters. The smallest absolute Gasteiger partial charge is 0.321 e. The van der Waals surface area contributed by atoms with Gasteiger partial charge in [0.1, 0.15) is 5.75 Å². The van der Waals surface area contributed by atoms with Crippen molar-refractivity contribution < 1.29 is 14.3 Å². The van der Waals surface area contributed by atoms with E-state index in [2.05, 4.69) is 10.6 Å². The van der Waals surface area contributed by atoms with Crippen molar-refractivity contribution in [1.82, 2.24) is 15.5 Å². The average molecular weight is 356 g/mol. The number of halogens is 1. The van der Waals surface area contributed by atoms with Gasteiger partial charge in [0, 0.05) is 17.1 Å². The van der Waals surface area contributed by atoms with Crippen molar-refractivity contribution in [3.8, 4) is 5.75 Å². The Morgan fingerprint density at radius 2 is 1.83 bits per heavy atom. The molecule has 0 aliphatic carbocycles. The van der Waals surface area contributed by atoms with Crippen LogP contribution in [-0.2, 0) is 4.79 Å². The van der Waals surface area contributed by atoms with Crippen LogP contribution in [0.15, 0.2) is 24.3 Å². The zero-order valence-corrected chi connectivity index (χ0v) is 15.4. The Morgan fingerprint density at radius 3 is 2.42 bits per heavy atom. The van der Waals surface area contributed by atoms with Crippen molar-refractivity contribution in [2.24, 2.45) is 0 Å². The molecule has 0 heterocycles. The van der Waals surface area contributed by atoms with Gasteiger partial charge in [-0.25, -0.2) is 4.79 Å². The highest BCUT2D eigenvalue weighted by atomic mass is 35.5. The summed E-state index contributed by atoms with van der Waals surface area (Å²) in [5, 5.41) is 5.66. The molecule has 0 spiro atoms. The highest BCUT2D eigenvalue weighted by molar-refractivity contribution is 6.30. The summed E-state index contributed by atoms with van der Waals surface area (Å²) in [4.78, 5) is 25.2. The first kappa shape index (κ1) is 20.3. The first-order valence-corrected chi connectivity index (χ1v) is 8.22. The second kappa shape index (κ2) is 9.49. The van der Waals surface area contributed by atoms with Crippen molar-refractivity contribution in [1.29, 1.82) is 0 Å². The number of amides is 3. The molecule has 1 aromatic carbocycles. The highest BCUT2D eigenvalue weighted by Crippen LogP contribution is 2.15. The lowest BCUT2D eigenvalue weighted by molar-refractivity contribution is -0.120. The summed E-state index contributed by atoms with van der Waals surface area (Å²) >= 11 is 5.81. The molecule has 0 bridgehead atoms. The molecule has 24 heavy (non-hydrogen) atoms. The number of hydrogen-bond acceptors (Lipinski definition) is 4. The van der Waals surface area contributed by atoms with Crippen LogP contribution < -0.4 is 15.4 Å². The van der Waals surface area contributed by atoms with Gasteiger partial charge in [0.25, 0.3) is 0 Å². The summed E-state index contributed by atoms with van der Waals surface area (Å²) in [7, 11) is 1.82. The van der Waals surface area contributed by atoms with E-state index in [0.717, 1.165) is 12.2 Å². The second-order valence-corrected chi connectivity index (χ2v) is 7.08. The van der Waals surface area contributed by atoms with E-state index in [1.54, 1.807) is 12.1 Å². The van der Waals surface area contributed by atoms with E-state index >= 15 is 0 Å². The van der Waals surface area contributed by atoms with Gasteiger partial charge < -0.3 is 10.1 Å². The zero-order chi connectivity index (χ0) is 18.2. The number of hydrogen-bond donors (Lipinski definition) is 2. The molecule has 0 saturated carbocycles. The predicted molar refractivity (Wildman–Crippen MR) is 95.5 cm³/mol. The number of likely N-dealkylation sites (N-methyl/N-ethyl adjacent to an activating group) is 1. The highest BCUT2D eigenvalue weighted by Gasteiger charge is 2.16. The molecule has 0 radical (unpaired) electrons. The summed E-state index contributed by atoms with van der Waals surface area (Å²) in [6, 6.07) is 6.69. The van der Waals surface area contributed by atoms with E-state index < -0.39 is 6.03 Å². The largest absolute Gasteiger partial charge is 0.494 e. The number of imide groups is 1. The van der Waals surface area contributed by atoms with Gasteiger partial charge in [0.2, 0.25) is 5.91 Å². The molecule has 0 aliphatic heterocycles. The minimum atomic E-state index is -0.480. The zero-order valence-electron chi connectivity index (χ0n) is 14.7. The first-order valence-electron chi connectivity index (χ1n) is 7.84. The second-order valence-electron chi connectivity index (χ2n) is 6.65.